The second-order valence-corrected chi connectivity index (χ2v) is 4.61. The highest BCUT2D eigenvalue weighted by Crippen LogP contribution is 2.28. The molecule has 100 valence electrons. The third kappa shape index (κ3) is 4.23. The van der Waals surface area contributed by atoms with Gasteiger partial charge in [-0.05, 0) is 18.4 Å². The number of nitrogens with one attached hydrogen (secondary N) is 1. The van der Waals surface area contributed by atoms with E-state index in [-0.39, 0.29) is 18.3 Å². The minimum absolute atomic E-state index is 0. The van der Waals surface area contributed by atoms with Crippen LogP contribution in [0.3, 0.4) is 0 Å². The van der Waals surface area contributed by atoms with E-state index in [0.717, 1.165) is 6.42 Å². The normalized spacial score (nSPS) is 16.9. The maximum absolute atomic E-state index is 11.8. The molecule has 0 unspecified atom stereocenters. The number of carbonyl (C=O) groups is 1. The van der Waals surface area contributed by atoms with E-state index in [1.807, 2.05) is 0 Å². The van der Waals surface area contributed by atoms with Gasteiger partial charge in [0.15, 0.2) is 0 Å². The van der Waals surface area contributed by atoms with E-state index in [0.29, 0.717) is 11.6 Å². The summed E-state index contributed by atoms with van der Waals surface area (Å²) in [5.74, 6) is 0.483. The van der Waals surface area contributed by atoms with Crippen LogP contribution in [0.5, 0.6) is 0 Å². The lowest BCUT2D eigenvalue weighted by Gasteiger charge is -2.15. The lowest BCUT2D eigenvalue weighted by Crippen LogP contribution is -2.37. The van der Waals surface area contributed by atoms with E-state index in [4.69, 9.17) is 5.73 Å². The summed E-state index contributed by atoms with van der Waals surface area (Å²) in [5, 5.41) is 10.1. The fourth-order valence-corrected chi connectivity index (χ4v) is 2.31. The molecule has 0 radical (unpaired) electrons. The minimum atomic E-state index is -0.425. The number of nitrogens with two attached hydrogens (primary N) is 1. The second kappa shape index (κ2) is 7.28. The second-order valence-electron chi connectivity index (χ2n) is 4.61. The van der Waals surface area contributed by atoms with Crippen LogP contribution in [0.15, 0.2) is 18.5 Å². The summed E-state index contributed by atoms with van der Waals surface area (Å²) in [5.41, 5.74) is 6.54. The Bertz CT molecular complexity index is 368. The quantitative estimate of drug-likeness (QED) is 0.873. The first kappa shape index (κ1) is 14.9. The topological polar surface area (TPSA) is 80.9 Å². The van der Waals surface area contributed by atoms with Gasteiger partial charge in [0, 0.05) is 0 Å². The molecule has 0 aromatic carbocycles. The predicted octanol–water partition coefficient (Wildman–Crippen LogP) is 1.74. The lowest BCUT2D eigenvalue weighted by molar-refractivity contribution is -0.117. The number of hydrogen-bond donors (Lipinski definition) is 2. The van der Waals surface area contributed by atoms with Gasteiger partial charge in [0.2, 0.25) is 5.91 Å². The zero-order chi connectivity index (χ0) is 12.1. The summed E-state index contributed by atoms with van der Waals surface area (Å²) in [6.07, 6.45) is 8.79. The highest BCUT2D eigenvalue weighted by molar-refractivity contribution is 5.94. The number of rotatable bonds is 4. The van der Waals surface area contributed by atoms with Crippen LogP contribution in [0.1, 0.15) is 32.1 Å². The van der Waals surface area contributed by atoms with Gasteiger partial charge < -0.3 is 11.1 Å². The van der Waals surface area contributed by atoms with Crippen LogP contribution >= 0.6 is 12.4 Å². The summed E-state index contributed by atoms with van der Waals surface area (Å²) in [6, 6.07) is 1.28. The molecule has 1 heterocycles. The van der Waals surface area contributed by atoms with Crippen molar-refractivity contribution >= 4 is 24.0 Å². The van der Waals surface area contributed by atoms with Crippen LogP contribution in [-0.4, -0.2) is 22.1 Å². The minimum Gasteiger partial charge on any atom is -0.323 e. The molecule has 1 aliphatic carbocycles. The first-order valence-electron chi connectivity index (χ1n) is 6.09. The van der Waals surface area contributed by atoms with Crippen molar-refractivity contribution in [2.45, 2.75) is 38.1 Å². The zero-order valence-electron chi connectivity index (χ0n) is 10.2. The molecule has 1 aromatic heterocycles. The molecule has 1 amide bonds. The number of hydrogen-bond acceptors (Lipinski definition) is 4. The molecule has 1 aromatic rings. The van der Waals surface area contributed by atoms with Crippen LogP contribution in [0.4, 0.5) is 5.69 Å². The average molecular weight is 271 g/mol. The van der Waals surface area contributed by atoms with Gasteiger partial charge in [-0.2, -0.15) is 10.2 Å². The standard InChI is InChI=1S/C12H18N4O.ClH/c13-11(7-9-3-1-2-4-9)12(17)16-10-5-6-14-15-8-10;/h5-6,8-9,11H,1-4,7,13H2,(H,14,16,17);1H/t11-;/m0./s1. The molecule has 0 spiro atoms. The molecule has 1 fully saturated rings. The van der Waals surface area contributed by atoms with Gasteiger partial charge in [-0.15, -0.1) is 12.4 Å². The fraction of sp³-hybridized carbons (Fsp3) is 0.583. The van der Waals surface area contributed by atoms with Gasteiger partial charge in [-0.1, -0.05) is 25.7 Å². The third-order valence-corrected chi connectivity index (χ3v) is 3.25. The van der Waals surface area contributed by atoms with Gasteiger partial charge in [0.05, 0.1) is 24.1 Å². The molecule has 6 heteroatoms. The Morgan fingerprint density at radius 2 is 2.17 bits per heavy atom. The van der Waals surface area contributed by atoms with Crippen molar-refractivity contribution in [3.8, 4) is 0 Å². The highest BCUT2D eigenvalue weighted by Gasteiger charge is 2.22. The smallest absolute Gasteiger partial charge is 0.241 e. The number of halogens is 1. The Morgan fingerprint density at radius 3 is 2.78 bits per heavy atom. The maximum Gasteiger partial charge on any atom is 0.241 e. The van der Waals surface area contributed by atoms with E-state index in [1.54, 1.807) is 6.07 Å². The predicted molar refractivity (Wildman–Crippen MR) is 72.5 cm³/mol. The van der Waals surface area contributed by atoms with E-state index in [1.165, 1.54) is 38.1 Å². The number of carbonyl (C=O) groups excluding carboxylic acids is 1. The van der Waals surface area contributed by atoms with Crippen molar-refractivity contribution in [2.75, 3.05) is 5.32 Å². The molecule has 2 rings (SSSR count). The monoisotopic (exact) mass is 270 g/mol. The van der Waals surface area contributed by atoms with Crippen LogP contribution in [0.2, 0.25) is 0 Å². The first-order valence-corrected chi connectivity index (χ1v) is 6.09. The van der Waals surface area contributed by atoms with E-state index < -0.39 is 6.04 Å². The zero-order valence-corrected chi connectivity index (χ0v) is 11.0. The summed E-state index contributed by atoms with van der Waals surface area (Å²) in [7, 11) is 0. The Morgan fingerprint density at radius 1 is 1.44 bits per heavy atom. The Balaban J connectivity index is 0.00000162. The van der Waals surface area contributed by atoms with Crippen LogP contribution in [-0.2, 0) is 4.79 Å². The Kier molecular flexibility index (Phi) is 6.01. The van der Waals surface area contributed by atoms with Crippen molar-refractivity contribution in [3.63, 3.8) is 0 Å². The van der Waals surface area contributed by atoms with Crippen molar-refractivity contribution in [3.05, 3.63) is 18.5 Å². The third-order valence-electron chi connectivity index (χ3n) is 3.25. The summed E-state index contributed by atoms with van der Waals surface area (Å²) >= 11 is 0. The maximum atomic E-state index is 11.8. The fourth-order valence-electron chi connectivity index (χ4n) is 2.31. The Labute approximate surface area is 113 Å². The number of anilines is 1. The van der Waals surface area contributed by atoms with Crippen molar-refractivity contribution in [1.29, 1.82) is 0 Å². The van der Waals surface area contributed by atoms with Gasteiger partial charge in [-0.3, -0.25) is 4.79 Å². The highest BCUT2D eigenvalue weighted by atomic mass is 35.5. The summed E-state index contributed by atoms with van der Waals surface area (Å²) in [6.45, 7) is 0. The van der Waals surface area contributed by atoms with E-state index in [9.17, 15) is 4.79 Å². The van der Waals surface area contributed by atoms with Crippen molar-refractivity contribution in [2.24, 2.45) is 11.7 Å². The number of amides is 1. The average Bonchev–Trinajstić information content (AvgIpc) is 2.83. The van der Waals surface area contributed by atoms with Gasteiger partial charge in [-0.25, -0.2) is 0 Å². The van der Waals surface area contributed by atoms with E-state index in [2.05, 4.69) is 15.5 Å². The van der Waals surface area contributed by atoms with Crippen molar-refractivity contribution in [1.82, 2.24) is 10.2 Å². The number of aromatic nitrogens is 2. The molecule has 1 aliphatic rings. The molecule has 1 saturated carbocycles. The van der Waals surface area contributed by atoms with Gasteiger partial charge >= 0.3 is 0 Å². The molecular formula is C12H19ClN4O. The molecular weight excluding hydrogens is 252 g/mol. The summed E-state index contributed by atoms with van der Waals surface area (Å²) < 4.78 is 0. The van der Waals surface area contributed by atoms with E-state index >= 15 is 0 Å². The molecule has 5 nitrogen and oxygen atoms in total. The van der Waals surface area contributed by atoms with Crippen LogP contribution in [0, 0.1) is 5.92 Å². The largest absolute Gasteiger partial charge is 0.323 e. The van der Waals surface area contributed by atoms with Gasteiger partial charge in [0.25, 0.3) is 0 Å². The summed E-state index contributed by atoms with van der Waals surface area (Å²) in [4.78, 5) is 11.8. The molecule has 3 N–H and O–H groups in total. The van der Waals surface area contributed by atoms with Crippen molar-refractivity contribution < 1.29 is 4.79 Å². The van der Waals surface area contributed by atoms with Crippen LogP contribution < -0.4 is 11.1 Å². The molecule has 0 bridgehead atoms. The molecule has 0 aliphatic heterocycles. The molecule has 18 heavy (non-hydrogen) atoms. The molecule has 1 atom stereocenters. The first-order chi connectivity index (χ1) is 8.25. The number of nitrogens with zero attached hydrogens (tertiary/aromatic N) is 2. The SMILES string of the molecule is Cl.N[C@@H](CC1CCCC1)C(=O)Nc1ccnnc1. The lowest BCUT2D eigenvalue weighted by atomic mass is 9.98. The van der Waals surface area contributed by atoms with Crippen LogP contribution in [0.25, 0.3) is 0 Å². The van der Waals surface area contributed by atoms with Gasteiger partial charge in [0.1, 0.15) is 0 Å². The Hall–Kier alpha value is -1.20. The molecule has 0 saturated heterocycles.